The molecule has 0 fully saturated rings. The van der Waals surface area contributed by atoms with Crippen LogP contribution in [0.4, 0.5) is 0 Å². The minimum Gasteiger partial charge on any atom is -0.507 e. The molecule has 1 aliphatic rings. The first-order chi connectivity index (χ1) is 11.5. The van der Waals surface area contributed by atoms with Gasteiger partial charge in [-0.15, -0.1) is 0 Å². The molecule has 3 rings (SSSR count). The quantitative estimate of drug-likeness (QED) is 0.682. The van der Waals surface area contributed by atoms with Gasteiger partial charge in [0.25, 0.3) is 0 Å². The molecule has 24 heavy (non-hydrogen) atoms. The van der Waals surface area contributed by atoms with Gasteiger partial charge >= 0.3 is 5.63 Å². The van der Waals surface area contributed by atoms with Gasteiger partial charge in [-0.25, -0.2) is 4.79 Å². The van der Waals surface area contributed by atoms with Crippen molar-refractivity contribution in [3.8, 4) is 11.5 Å². The minimum absolute atomic E-state index is 0.00855. The van der Waals surface area contributed by atoms with Gasteiger partial charge in [-0.1, -0.05) is 20.3 Å². The van der Waals surface area contributed by atoms with Gasteiger partial charge in [0.2, 0.25) is 0 Å². The first-order valence-corrected chi connectivity index (χ1v) is 8.52. The van der Waals surface area contributed by atoms with E-state index in [2.05, 4.69) is 0 Å². The largest absolute Gasteiger partial charge is 0.507 e. The Kier molecular flexibility index (Phi) is 4.35. The van der Waals surface area contributed by atoms with Crippen LogP contribution in [0.1, 0.15) is 61.5 Å². The van der Waals surface area contributed by atoms with Crippen LogP contribution in [0.2, 0.25) is 0 Å². The van der Waals surface area contributed by atoms with Gasteiger partial charge < -0.3 is 14.3 Å². The summed E-state index contributed by atoms with van der Waals surface area (Å²) in [5, 5.41) is 11.3. The number of phenols is 1. The second-order valence-corrected chi connectivity index (χ2v) is 6.32. The zero-order chi connectivity index (χ0) is 17.4. The van der Waals surface area contributed by atoms with Crippen molar-refractivity contribution in [1.29, 1.82) is 0 Å². The Morgan fingerprint density at radius 3 is 2.79 bits per heavy atom. The van der Waals surface area contributed by atoms with Crippen molar-refractivity contribution in [3.63, 3.8) is 0 Å². The van der Waals surface area contributed by atoms with Gasteiger partial charge in [-0.3, -0.25) is 4.79 Å². The van der Waals surface area contributed by atoms with E-state index in [1.807, 2.05) is 13.8 Å². The maximum Gasteiger partial charge on any atom is 0.336 e. The topological polar surface area (TPSA) is 76.7 Å². The van der Waals surface area contributed by atoms with Crippen LogP contribution >= 0.6 is 0 Å². The Bertz CT molecular complexity index is 862. The third-order valence-electron chi connectivity index (χ3n) is 4.53. The fourth-order valence-corrected chi connectivity index (χ4v) is 3.35. The van der Waals surface area contributed by atoms with E-state index >= 15 is 0 Å². The highest BCUT2D eigenvalue weighted by molar-refractivity contribution is 6.11. The van der Waals surface area contributed by atoms with Crippen LogP contribution < -0.4 is 10.4 Å². The third-order valence-corrected chi connectivity index (χ3v) is 4.53. The molecule has 0 saturated carbocycles. The average Bonchev–Trinajstić information content (AvgIpc) is 2.54. The van der Waals surface area contributed by atoms with E-state index in [-0.39, 0.29) is 35.2 Å². The summed E-state index contributed by atoms with van der Waals surface area (Å²) in [4.78, 5) is 24.4. The fourth-order valence-electron chi connectivity index (χ4n) is 3.35. The van der Waals surface area contributed by atoms with Gasteiger partial charge in [0, 0.05) is 18.1 Å². The fraction of sp³-hybridized carbons (Fsp3) is 0.474. The maximum absolute atomic E-state index is 12.4. The monoisotopic (exact) mass is 330 g/mol. The van der Waals surface area contributed by atoms with Crippen LogP contribution in [0.5, 0.6) is 11.5 Å². The Morgan fingerprint density at radius 2 is 2.12 bits per heavy atom. The van der Waals surface area contributed by atoms with Crippen molar-refractivity contribution in [3.05, 3.63) is 33.2 Å². The Labute approximate surface area is 140 Å². The van der Waals surface area contributed by atoms with Gasteiger partial charge in [0.1, 0.15) is 17.1 Å². The van der Waals surface area contributed by atoms with E-state index in [1.54, 1.807) is 6.92 Å². The molecular weight excluding hydrogens is 308 g/mol. The van der Waals surface area contributed by atoms with Crippen LogP contribution in [0, 0.1) is 0 Å². The number of aryl methyl sites for hydroxylation is 1. The Hall–Kier alpha value is -2.30. The molecule has 1 atom stereocenters. The molecule has 5 heteroatoms. The molecule has 1 aliphatic heterocycles. The number of Topliss-reactive ketones (excluding diaryl/α,β-unsaturated/α-hetero) is 1. The molecule has 1 aromatic heterocycles. The number of carbonyl (C=O) groups excluding carboxylic acids is 1. The molecule has 2 heterocycles. The van der Waals surface area contributed by atoms with Gasteiger partial charge in [-0.05, 0) is 31.7 Å². The minimum atomic E-state index is -0.515. The van der Waals surface area contributed by atoms with E-state index in [0.29, 0.717) is 29.5 Å². The lowest BCUT2D eigenvalue weighted by atomic mass is 9.91. The lowest BCUT2D eigenvalue weighted by molar-refractivity contribution is 0.0985. The van der Waals surface area contributed by atoms with Crippen molar-refractivity contribution in [2.75, 3.05) is 0 Å². The number of hydrogen-bond donors (Lipinski definition) is 1. The van der Waals surface area contributed by atoms with Gasteiger partial charge in [0.15, 0.2) is 11.4 Å². The standard InChI is InChI=1S/C19H22O5/c1-4-6-11-9-14(21)24-19-15(11)18-12(8-7-10(3)23-18)17(22)16(19)13(20)5-2/h9-10,22H,4-8H2,1-3H3. The number of hydrogen-bond acceptors (Lipinski definition) is 5. The highest BCUT2D eigenvalue weighted by Gasteiger charge is 2.30. The number of benzene rings is 1. The molecule has 0 amide bonds. The highest BCUT2D eigenvalue weighted by Crippen LogP contribution is 2.45. The summed E-state index contributed by atoms with van der Waals surface area (Å²) >= 11 is 0. The van der Waals surface area contributed by atoms with E-state index in [0.717, 1.165) is 18.4 Å². The molecule has 5 nitrogen and oxygen atoms in total. The van der Waals surface area contributed by atoms with E-state index < -0.39 is 5.63 Å². The number of phenolic OH excluding ortho intramolecular Hbond substituents is 1. The summed E-state index contributed by atoms with van der Waals surface area (Å²) in [5.41, 5.74) is 1.20. The predicted octanol–water partition coefficient (Wildman–Crippen LogP) is 3.76. The summed E-state index contributed by atoms with van der Waals surface area (Å²) in [6.45, 7) is 5.71. The highest BCUT2D eigenvalue weighted by atomic mass is 16.5. The second-order valence-electron chi connectivity index (χ2n) is 6.32. The number of rotatable bonds is 4. The Morgan fingerprint density at radius 1 is 1.38 bits per heavy atom. The molecule has 0 radical (unpaired) electrons. The summed E-state index contributed by atoms with van der Waals surface area (Å²) < 4.78 is 11.4. The summed E-state index contributed by atoms with van der Waals surface area (Å²) in [6, 6.07) is 1.46. The van der Waals surface area contributed by atoms with Crippen molar-refractivity contribution in [2.24, 2.45) is 0 Å². The molecule has 2 aromatic rings. The lowest BCUT2D eigenvalue weighted by Gasteiger charge is -2.27. The lowest BCUT2D eigenvalue weighted by Crippen LogP contribution is -2.21. The van der Waals surface area contributed by atoms with Crippen LogP contribution in [0.3, 0.4) is 0 Å². The predicted molar refractivity (Wildman–Crippen MR) is 91.2 cm³/mol. The van der Waals surface area contributed by atoms with Crippen LogP contribution in [-0.2, 0) is 12.8 Å². The first kappa shape index (κ1) is 16.6. The second kappa shape index (κ2) is 6.30. The van der Waals surface area contributed by atoms with E-state index in [9.17, 15) is 14.7 Å². The van der Waals surface area contributed by atoms with Crippen molar-refractivity contribution < 1.29 is 19.1 Å². The van der Waals surface area contributed by atoms with Gasteiger partial charge in [-0.2, -0.15) is 0 Å². The normalized spacial score (nSPS) is 16.7. The molecule has 0 aliphatic carbocycles. The van der Waals surface area contributed by atoms with E-state index in [1.165, 1.54) is 6.07 Å². The number of aromatic hydroxyl groups is 1. The van der Waals surface area contributed by atoms with Crippen LogP contribution in [0.15, 0.2) is 15.3 Å². The van der Waals surface area contributed by atoms with Crippen molar-refractivity contribution in [1.82, 2.24) is 0 Å². The van der Waals surface area contributed by atoms with Crippen LogP contribution in [-0.4, -0.2) is 17.0 Å². The molecule has 0 spiro atoms. The van der Waals surface area contributed by atoms with Gasteiger partial charge in [0.05, 0.1) is 11.5 Å². The smallest absolute Gasteiger partial charge is 0.336 e. The van der Waals surface area contributed by atoms with Crippen molar-refractivity contribution in [2.45, 2.75) is 59.0 Å². The molecular formula is C19H22O5. The number of ketones is 1. The molecule has 0 bridgehead atoms. The molecule has 1 aromatic carbocycles. The zero-order valence-electron chi connectivity index (χ0n) is 14.3. The maximum atomic E-state index is 12.4. The Balaban J connectivity index is 2.48. The third kappa shape index (κ3) is 2.58. The van der Waals surface area contributed by atoms with Crippen molar-refractivity contribution >= 4 is 16.8 Å². The van der Waals surface area contributed by atoms with E-state index in [4.69, 9.17) is 9.15 Å². The number of ether oxygens (including phenoxy) is 1. The number of fused-ring (bicyclic) bond motifs is 3. The molecule has 1 unspecified atom stereocenters. The van der Waals surface area contributed by atoms with Crippen LogP contribution in [0.25, 0.3) is 11.0 Å². The first-order valence-electron chi connectivity index (χ1n) is 8.52. The SMILES string of the molecule is CCCc1cc(=O)oc2c(C(=O)CC)c(O)c3c(c12)OC(C)CC3. The molecule has 1 N–H and O–H groups in total. The number of carbonyl (C=O) groups is 1. The summed E-state index contributed by atoms with van der Waals surface area (Å²) in [5.74, 6) is 0.213. The zero-order valence-corrected chi connectivity index (χ0v) is 14.3. The molecule has 128 valence electrons. The molecule has 0 saturated heterocycles. The average molecular weight is 330 g/mol. The summed E-state index contributed by atoms with van der Waals surface area (Å²) in [7, 11) is 0. The summed E-state index contributed by atoms with van der Waals surface area (Å²) in [6.07, 6.45) is 3.16.